The first-order chi connectivity index (χ1) is 9.20. The number of carbonyl (C=O) groups is 1. The number of aryl methyl sites for hydroxylation is 1. The summed E-state index contributed by atoms with van der Waals surface area (Å²) in [6, 6.07) is 1.80. The summed E-state index contributed by atoms with van der Waals surface area (Å²) < 4.78 is 5.19. The lowest BCUT2D eigenvalue weighted by Gasteiger charge is -2.34. The van der Waals surface area contributed by atoms with Gasteiger partial charge in [-0.15, -0.1) is 0 Å². The standard InChI is InChI=1S/C14H23N3O2/c1-12-10-13(11-19-12)14(18)17-8-6-16(7-9-17)5-3-2-4-15/h10-11H,2-9,15H2,1H3. The van der Waals surface area contributed by atoms with Crippen LogP contribution in [0.25, 0.3) is 0 Å². The fourth-order valence-corrected chi connectivity index (χ4v) is 2.39. The first-order valence-corrected chi connectivity index (χ1v) is 6.97. The summed E-state index contributed by atoms with van der Waals surface area (Å²) in [6.07, 6.45) is 3.77. The number of nitrogens with zero attached hydrogens (tertiary/aromatic N) is 2. The van der Waals surface area contributed by atoms with E-state index in [4.69, 9.17) is 10.2 Å². The Labute approximate surface area is 114 Å². The molecular weight excluding hydrogens is 242 g/mol. The van der Waals surface area contributed by atoms with Crippen molar-refractivity contribution in [1.82, 2.24) is 9.80 Å². The van der Waals surface area contributed by atoms with Crippen LogP contribution in [0.1, 0.15) is 29.0 Å². The van der Waals surface area contributed by atoms with Gasteiger partial charge in [0, 0.05) is 26.2 Å². The minimum absolute atomic E-state index is 0.0819. The van der Waals surface area contributed by atoms with Gasteiger partial charge in [-0.25, -0.2) is 0 Å². The summed E-state index contributed by atoms with van der Waals surface area (Å²) in [5.74, 6) is 0.863. The van der Waals surface area contributed by atoms with Crippen LogP contribution in [0, 0.1) is 6.92 Å². The molecule has 0 spiro atoms. The maximum absolute atomic E-state index is 12.2. The van der Waals surface area contributed by atoms with Gasteiger partial charge < -0.3 is 15.1 Å². The lowest BCUT2D eigenvalue weighted by atomic mass is 10.2. The van der Waals surface area contributed by atoms with Gasteiger partial charge in [0.2, 0.25) is 0 Å². The van der Waals surface area contributed by atoms with Crippen LogP contribution in [0.4, 0.5) is 0 Å². The van der Waals surface area contributed by atoms with Crippen LogP contribution in [0.15, 0.2) is 16.7 Å². The molecule has 0 unspecified atom stereocenters. The number of hydrogen-bond acceptors (Lipinski definition) is 4. The van der Waals surface area contributed by atoms with Crippen LogP contribution >= 0.6 is 0 Å². The van der Waals surface area contributed by atoms with Gasteiger partial charge in [0.1, 0.15) is 12.0 Å². The van der Waals surface area contributed by atoms with Gasteiger partial charge in [0.25, 0.3) is 5.91 Å². The van der Waals surface area contributed by atoms with E-state index in [9.17, 15) is 4.79 Å². The van der Waals surface area contributed by atoms with Crippen molar-refractivity contribution in [2.24, 2.45) is 5.73 Å². The van der Waals surface area contributed by atoms with Crippen molar-refractivity contribution in [3.8, 4) is 0 Å². The highest BCUT2D eigenvalue weighted by Crippen LogP contribution is 2.12. The van der Waals surface area contributed by atoms with Crippen LogP contribution in [0.2, 0.25) is 0 Å². The van der Waals surface area contributed by atoms with Gasteiger partial charge in [0.15, 0.2) is 0 Å². The SMILES string of the molecule is Cc1cc(C(=O)N2CCN(CCCCN)CC2)co1. The van der Waals surface area contributed by atoms with Crippen molar-refractivity contribution in [2.75, 3.05) is 39.3 Å². The van der Waals surface area contributed by atoms with Crippen molar-refractivity contribution < 1.29 is 9.21 Å². The largest absolute Gasteiger partial charge is 0.469 e. The molecule has 5 nitrogen and oxygen atoms in total. The Balaban J connectivity index is 1.78. The molecule has 0 radical (unpaired) electrons. The van der Waals surface area contributed by atoms with Crippen LogP contribution in [0.3, 0.4) is 0 Å². The number of piperazine rings is 1. The Morgan fingerprint density at radius 3 is 2.63 bits per heavy atom. The predicted octanol–water partition coefficient (Wildman–Crippen LogP) is 1.08. The molecule has 0 saturated carbocycles. The van der Waals surface area contributed by atoms with Crippen LogP contribution < -0.4 is 5.73 Å². The molecule has 2 heterocycles. The number of carbonyl (C=O) groups excluding carboxylic acids is 1. The summed E-state index contributed by atoms with van der Waals surface area (Å²) in [6.45, 7) is 7.20. The highest BCUT2D eigenvalue weighted by Gasteiger charge is 2.22. The molecule has 19 heavy (non-hydrogen) atoms. The van der Waals surface area contributed by atoms with E-state index in [2.05, 4.69) is 4.90 Å². The van der Waals surface area contributed by atoms with Gasteiger partial charge in [-0.05, 0) is 38.9 Å². The maximum Gasteiger partial charge on any atom is 0.257 e. The molecule has 1 aromatic rings. The molecule has 2 N–H and O–H groups in total. The lowest BCUT2D eigenvalue weighted by Crippen LogP contribution is -2.48. The minimum atomic E-state index is 0.0819. The van der Waals surface area contributed by atoms with Crippen LogP contribution in [-0.4, -0.2) is 55.0 Å². The summed E-state index contributed by atoms with van der Waals surface area (Å²) in [5.41, 5.74) is 6.15. The maximum atomic E-state index is 12.2. The number of amides is 1. The Bertz CT molecular complexity index is 409. The molecule has 1 aromatic heterocycles. The first kappa shape index (κ1) is 14.1. The van der Waals surface area contributed by atoms with E-state index in [1.54, 1.807) is 12.3 Å². The third kappa shape index (κ3) is 3.81. The van der Waals surface area contributed by atoms with Crippen LogP contribution in [0.5, 0.6) is 0 Å². The van der Waals surface area contributed by atoms with Crippen molar-refractivity contribution >= 4 is 5.91 Å². The van der Waals surface area contributed by atoms with Gasteiger partial charge >= 0.3 is 0 Å². The Morgan fingerprint density at radius 1 is 1.32 bits per heavy atom. The summed E-state index contributed by atoms with van der Waals surface area (Å²) in [5, 5.41) is 0. The van der Waals surface area contributed by atoms with Crippen molar-refractivity contribution in [1.29, 1.82) is 0 Å². The second kappa shape index (κ2) is 6.73. The smallest absolute Gasteiger partial charge is 0.257 e. The van der Waals surface area contributed by atoms with Gasteiger partial charge in [-0.3, -0.25) is 9.69 Å². The second-order valence-corrected chi connectivity index (χ2v) is 5.08. The highest BCUT2D eigenvalue weighted by molar-refractivity contribution is 5.94. The number of unbranched alkanes of at least 4 members (excludes halogenated alkanes) is 1. The summed E-state index contributed by atoms with van der Waals surface area (Å²) >= 11 is 0. The molecule has 0 atom stereocenters. The number of nitrogens with two attached hydrogens (primary N) is 1. The third-order valence-electron chi connectivity index (χ3n) is 3.57. The molecule has 0 aliphatic carbocycles. The molecule has 1 fully saturated rings. The van der Waals surface area contributed by atoms with Gasteiger partial charge in [0.05, 0.1) is 5.56 Å². The zero-order chi connectivity index (χ0) is 13.7. The van der Waals surface area contributed by atoms with E-state index in [-0.39, 0.29) is 5.91 Å². The number of furan rings is 1. The van der Waals surface area contributed by atoms with Crippen LogP contribution in [-0.2, 0) is 0 Å². The zero-order valence-corrected chi connectivity index (χ0v) is 11.6. The lowest BCUT2D eigenvalue weighted by molar-refractivity contribution is 0.0635. The van der Waals surface area contributed by atoms with E-state index < -0.39 is 0 Å². The summed E-state index contributed by atoms with van der Waals surface area (Å²) in [7, 11) is 0. The molecule has 106 valence electrons. The monoisotopic (exact) mass is 265 g/mol. The molecule has 5 heteroatoms. The molecule has 1 saturated heterocycles. The quantitative estimate of drug-likeness (QED) is 0.809. The fraction of sp³-hybridized carbons (Fsp3) is 0.643. The average Bonchev–Trinajstić information content (AvgIpc) is 2.86. The molecule has 1 amide bonds. The summed E-state index contributed by atoms with van der Waals surface area (Å²) in [4.78, 5) is 16.5. The Morgan fingerprint density at radius 2 is 2.05 bits per heavy atom. The fourth-order valence-electron chi connectivity index (χ4n) is 2.39. The second-order valence-electron chi connectivity index (χ2n) is 5.08. The molecule has 2 rings (SSSR count). The molecule has 0 bridgehead atoms. The minimum Gasteiger partial charge on any atom is -0.469 e. The first-order valence-electron chi connectivity index (χ1n) is 6.97. The number of hydrogen-bond donors (Lipinski definition) is 1. The van der Waals surface area contributed by atoms with Crippen molar-refractivity contribution in [2.45, 2.75) is 19.8 Å². The van der Waals surface area contributed by atoms with E-state index in [1.165, 1.54) is 0 Å². The third-order valence-corrected chi connectivity index (χ3v) is 3.57. The predicted molar refractivity (Wildman–Crippen MR) is 74.1 cm³/mol. The van der Waals surface area contributed by atoms with E-state index in [1.807, 2.05) is 11.8 Å². The van der Waals surface area contributed by atoms with Gasteiger partial charge in [-0.1, -0.05) is 0 Å². The van der Waals surface area contributed by atoms with Gasteiger partial charge in [-0.2, -0.15) is 0 Å². The van der Waals surface area contributed by atoms with E-state index >= 15 is 0 Å². The highest BCUT2D eigenvalue weighted by atomic mass is 16.3. The normalized spacial score (nSPS) is 16.8. The Hall–Kier alpha value is -1.33. The average molecular weight is 265 g/mol. The topological polar surface area (TPSA) is 62.7 Å². The molecule has 1 aliphatic rings. The van der Waals surface area contributed by atoms with E-state index in [0.717, 1.165) is 57.9 Å². The van der Waals surface area contributed by atoms with Crippen molar-refractivity contribution in [3.63, 3.8) is 0 Å². The van der Waals surface area contributed by atoms with Crippen molar-refractivity contribution in [3.05, 3.63) is 23.7 Å². The number of rotatable bonds is 5. The zero-order valence-electron chi connectivity index (χ0n) is 11.6. The van der Waals surface area contributed by atoms with E-state index in [0.29, 0.717) is 5.56 Å². The molecule has 0 aromatic carbocycles. The molecule has 1 aliphatic heterocycles. The Kier molecular flexibility index (Phi) is 4.99. The molecular formula is C14H23N3O2.